The summed E-state index contributed by atoms with van der Waals surface area (Å²) in [7, 11) is 0. The summed E-state index contributed by atoms with van der Waals surface area (Å²) in [6.07, 6.45) is 2.80. The molecule has 0 radical (unpaired) electrons. The zero-order chi connectivity index (χ0) is 11.2. The van der Waals surface area contributed by atoms with Crippen molar-refractivity contribution >= 4 is 11.3 Å². The fourth-order valence-corrected chi connectivity index (χ4v) is 2.02. The molecule has 0 unspecified atom stereocenters. The van der Waals surface area contributed by atoms with Crippen molar-refractivity contribution in [1.82, 2.24) is 20.2 Å². The molecular weight excluding hydrogens is 224 g/mol. The number of tetrazole rings is 1. The number of aliphatic hydroxyl groups excluding tert-OH is 1. The van der Waals surface area contributed by atoms with Crippen LogP contribution in [0.3, 0.4) is 0 Å². The fraction of sp³-hybridized carbons (Fsp3) is 0.500. The highest BCUT2D eigenvalue weighted by atomic mass is 32.1. The second-order valence-corrected chi connectivity index (χ2v) is 4.29. The molecular formula is C10H14N4OS. The number of nitrogens with zero attached hydrogens (tertiary/aromatic N) is 4. The first-order valence-electron chi connectivity index (χ1n) is 5.31. The SMILES string of the molecule is OCCCCCn1nnc(-c2ccsc2)n1. The van der Waals surface area contributed by atoms with Crippen molar-refractivity contribution in [2.45, 2.75) is 25.8 Å². The van der Waals surface area contributed by atoms with Crippen LogP contribution in [0.25, 0.3) is 11.4 Å². The van der Waals surface area contributed by atoms with Crippen molar-refractivity contribution in [2.24, 2.45) is 0 Å². The third-order valence-electron chi connectivity index (χ3n) is 2.25. The van der Waals surface area contributed by atoms with Crippen LogP contribution in [-0.2, 0) is 6.54 Å². The Hall–Kier alpha value is -1.27. The van der Waals surface area contributed by atoms with Crippen LogP contribution in [0.4, 0.5) is 0 Å². The number of hydrogen-bond donors (Lipinski definition) is 1. The molecule has 2 aromatic heterocycles. The predicted octanol–water partition coefficient (Wildman–Crippen LogP) is 1.56. The summed E-state index contributed by atoms with van der Waals surface area (Å²) in [5, 5.41) is 24.9. The Labute approximate surface area is 97.7 Å². The maximum Gasteiger partial charge on any atom is 0.205 e. The van der Waals surface area contributed by atoms with Crippen LogP contribution >= 0.6 is 11.3 Å². The molecule has 0 aromatic carbocycles. The van der Waals surface area contributed by atoms with E-state index < -0.39 is 0 Å². The smallest absolute Gasteiger partial charge is 0.205 e. The van der Waals surface area contributed by atoms with E-state index in [4.69, 9.17) is 5.11 Å². The number of thiophene rings is 1. The normalized spacial score (nSPS) is 10.8. The van der Waals surface area contributed by atoms with Crippen LogP contribution in [0, 0.1) is 0 Å². The number of hydrogen-bond acceptors (Lipinski definition) is 5. The number of aryl methyl sites for hydroxylation is 1. The lowest BCUT2D eigenvalue weighted by atomic mass is 10.2. The lowest BCUT2D eigenvalue weighted by molar-refractivity contribution is 0.280. The molecule has 0 amide bonds. The van der Waals surface area contributed by atoms with Gasteiger partial charge in [-0.1, -0.05) is 0 Å². The van der Waals surface area contributed by atoms with Gasteiger partial charge in [0.2, 0.25) is 5.82 Å². The Morgan fingerprint density at radius 2 is 2.25 bits per heavy atom. The minimum atomic E-state index is 0.255. The van der Waals surface area contributed by atoms with E-state index in [-0.39, 0.29) is 6.61 Å². The van der Waals surface area contributed by atoms with Gasteiger partial charge >= 0.3 is 0 Å². The summed E-state index contributed by atoms with van der Waals surface area (Å²) in [6.45, 7) is 1.02. The summed E-state index contributed by atoms with van der Waals surface area (Å²) in [5.41, 5.74) is 1.02. The molecule has 0 aliphatic rings. The van der Waals surface area contributed by atoms with Gasteiger partial charge in [-0.15, -0.1) is 10.2 Å². The van der Waals surface area contributed by atoms with E-state index in [9.17, 15) is 0 Å². The summed E-state index contributed by atoms with van der Waals surface area (Å²) < 4.78 is 0. The van der Waals surface area contributed by atoms with Crippen LogP contribution in [0.15, 0.2) is 16.8 Å². The topological polar surface area (TPSA) is 63.8 Å². The van der Waals surface area contributed by atoms with Crippen LogP contribution in [-0.4, -0.2) is 31.9 Å². The minimum absolute atomic E-state index is 0.255. The van der Waals surface area contributed by atoms with Gasteiger partial charge < -0.3 is 5.11 Å². The Bertz CT molecular complexity index is 412. The van der Waals surface area contributed by atoms with E-state index in [1.807, 2.05) is 16.8 Å². The molecule has 2 rings (SSSR count). The molecule has 0 saturated heterocycles. The Morgan fingerprint density at radius 1 is 1.31 bits per heavy atom. The number of rotatable bonds is 6. The van der Waals surface area contributed by atoms with Crippen LogP contribution in [0.5, 0.6) is 0 Å². The van der Waals surface area contributed by atoms with Gasteiger partial charge in [-0.2, -0.15) is 16.1 Å². The van der Waals surface area contributed by atoms with E-state index in [0.29, 0.717) is 5.82 Å². The Morgan fingerprint density at radius 3 is 3.00 bits per heavy atom. The van der Waals surface area contributed by atoms with Crippen molar-refractivity contribution in [3.05, 3.63) is 16.8 Å². The highest BCUT2D eigenvalue weighted by Crippen LogP contribution is 2.16. The first-order valence-corrected chi connectivity index (χ1v) is 6.25. The monoisotopic (exact) mass is 238 g/mol. The van der Waals surface area contributed by atoms with E-state index in [1.54, 1.807) is 16.1 Å². The van der Waals surface area contributed by atoms with E-state index in [1.165, 1.54) is 0 Å². The Balaban J connectivity index is 1.88. The third kappa shape index (κ3) is 2.86. The van der Waals surface area contributed by atoms with Gasteiger partial charge in [-0.3, -0.25) is 0 Å². The highest BCUT2D eigenvalue weighted by molar-refractivity contribution is 7.08. The zero-order valence-electron chi connectivity index (χ0n) is 8.91. The highest BCUT2D eigenvalue weighted by Gasteiger charge is 2.05. The molecule has 1 N–H and O–H groups in total. The lowest BCUT2D eigenvalue weighted by Crippen LogP contribution is -2.02. The van der Waals surface area contributed by atoms with Crippen molar-refractivity contribution in [3.8, 4) is 11.4 Å². The molecule has 0 fully saturated rings. The standard InChI is InChI=1S/C10H14N4OS/c15-6-3-1-2-5-14-12-10(11-13-14)9-4-7-16-8-9/h4,7-8,15H,1-3,5-6H2. The largest absolute Gasteiger partial charge is 0.396 e. The molecule has 0 bridgehead atoms. The molecule has 0 spiro atoms. The average molecular weight is 238 g/mol. The number of aromatic nitrogens is 4. The molecule has 0 aliphatic heterocycles. The van der Waals surface area contributed by atoms with Crippen LogP contribution < -0.4 is 0 Å². The fourth-order valence-electron chi connectivity index (χ4n) is 1.39. The quantitative estimate of drug-likeness (QED) is 0.776. The summed E-state index contributed by atoms with van der Waals surface area (Å²) in [6, 6.07) is 1.98. The second kappa shape index (κ2) is 5.72. The van der Waals surface area contributed by atoms with Gasteiger partial charge in [0.05, 0.1) is 6.54 Å². The molecule has 2 aromatic rings. The number of unbranched alkanes of at least 4 members (excludes halogenated alkanes) is 2. The zero-order valence-corrected chi connectivity index (χ0v) is 9.73. The predicted molar refractivity (Wildman–Crippen MR) is 62.1 cm³/mol. The molecule has 6 heteroatoms. The van der Waals surface area contributed by atoms with Gasteiger partial charge in [-0.05, 0) is 35.9 Å². The summed E-state index contributed by atoms with van der Waals surface area (Å²) >= 11 is 1.62. The minimum Gasteiger partial charge on any atom is -0.396 e. The average Bonchev–Trinajstić information content (AvgIpc) is 2.94. The van der Waals surface area contributed by atoms with Crippen molar-refractivity contribution in [2.75, 3.05) is 6.61 Å². The van der Waals surface area contributed by atoms with Gasteiger partial charge in [0.1, 0.15) is 0 Å². The molecule has 0 atom stereocenters. The summed E-state index contributed by atoms with van der Waals surface area (Å²) in [5.74, 6) is 0.684. The molecule has 5 nitrogen and oxygen atoms in total. The van der Waals surface area contributed by atoms with Crippen molar-refractivity contribution in [3.63, 3.8) is 0 Å². The van der Waals surface area contributed by atoms with Gasteiger partial charge in [0, 0.05) is 17.6 Å². The van der Waals surface area contributed by atoms with E-state index in [0.717, 1.165) is 31.4 Å². The van der Waals surface area contributed by atoms with Crippen LogP contribution in [0.2, 0.25) is 0 Å². The third-order valence-corrected chi connectivity index (χ3v) is 2.93. The molecule has 2 heterocycles. The van der Waals surface area contributed by atoms with Crippen molar-refractivity contribution in [1.29, 1.82) is 0 Å². The van der Waals surface area contributed by atoms with Crippen molar-refractivity contribution < 1.29 is 5.11 Å². The molecule has 0 saturated carbocycles. The van der Waals surface area contributed by atoms with Gasteiger partial charge in [-0.25, -0.2) is 0 Å². The maximum atomic E-state index is 8.64. The van der Waals surface area contributed by atoms with Crippen LogP contribution in [0.1, 0.15) is 19.3 Å². The summed E-state index contributed by atoms with van der Waals surface area (Å²) in [4.78, 5) is 1.62. The second-order valence-electron chi connectivity index (χ2n) is 3.51. The van der Waals surface area contributed by atoms with E-state index in [2.05, 4.69) is 15.4 Å². The molecule has 86 valence electrons. The number of aliphatic hydroxyl groups is 1. The van der Waals surface area contributed by atoms with Gasteiger partial charge in [0.25, 0.3) is 0 Å². The molecule has 0 aliphatic carbocycles. The van der Waals surface area contributed by atoms with Gasteiger partial charge in [0.15, 0.2) is 0 Å². The first kappa shape index (κ1) is 11.2. The Kier molecular flexibility index (Phi) is 4.01. The van der Waals surface area contributed by atoms with E-state index >= 15 is 0 Å². The lowest BCUT2D eigenvalue weighted by Gasteiger charge is -1.97. The molecule has 16 heavy (non-hydrogen) atoms. The first-order chi connectivity index (χ1) is 7.90. The maximum absolute atomic E-state index is 8.64.